The van der Waals surface area contributed by atoms with Gasteiger partial charge in [0.2, 0.25) is 0 Å². The molecule has 1 fully saturated rings. The Morgan fingerprint density at radius 1 is 1.50 bits per heavy atom. The molecule has 3 nitrogen and oxygen atoms in total. The number of esters is 1. The van der Waals surface area contributed by atoms with Crippen molar-refractivity contribution in [3.63, 3.8) is 0 Å². The van der Waals surface area contributed by atoms with Crippen molar-refractivity contribution in [2.24, 2.45) is 0 Å². The van der Waals surface area contributed by atoms with Crippen molar-refractivity contribution in [2.75, 3.05) is 32.0 Å². The summed E-state index contributed by atoms with van der Waals surface area (Å²) in [5, 5.41) is 0.763. The summed E-state index contributed by atoms with van der Waals surface area (Å²) >= 11 is 2.06. The van der Waals surface area contributed by atoms with Gasteiger partial charge in [0.1, 0.15) is 0 Å². The van der Waals surface area contributed by atoms with Crippen LogP contribution in [0, 0.1) is 0 Å². The average Bonchev–Trinajstić information content (AvgIpc) is 2.25. The SMILES string of the molecule is CCOC(=O)CCCCN1CCS[C@@H](C)C1. The standard InChI is InChI=1S/C12H23NO2S/c1-3-15-12(14)6-4-5-7-13-8-9-16-11(2)10-13/h11H,3-10H2,1-2H3/t11-/m0/s1. The summed E-state index contributed by atoms with van der Waals surface area (Å²) in [6.07, 6.45) is 2.64. The number of nitrogens with zero attached hydrogens (tertiary/aromatic N) is 1. The lowest BCUT2D eigenvalue weighted by Gasteiger charge is -2.30. The summed E-state index contributed by atoms with van der Waals surface area (Å²) in [5.74, 6) is 1.20. The van der Waals surface area contributed by atoms with Gasteiger partial charge in [-0.15, -0.1) is 0 Å². The van der Waals surface area contributed by atoms with E-state index in [0.29, 0.717) is 13.0 Å². The van der Waals surface area contributed by atoms with Crippen LogP contribution in [0.15, 0.2) is 0 Å². The van der Waals surface area contributed by atoms with Crippen molar-refractivity contribution < 1.29 is 9.53 Å². The molecule has 1 heterocycles. The van der Waals surface area contributed by atoms with E-state index in [1.807, 2.05) is 6.92 Å². The Kier molecular flexibility index (Phi) is 6.88. The molecule has 0 N–H and O–H groups in total. The summed E-state index contributed by atoms with van der Waals surface area (Å²) < 4.78 is 4.90. The smallest absolute Gasteiger partial charge is 0.305 e. The van der Waals surface area contributed by atoms with Crippen LogP contribution in [-0.2, 0) is 9.53 Å². The van der Waals surface area contributed by atoms with E-state index in [9.17, 15) is 4.79 Å². The van der Waals surface area contributed by atoms with Crippen molar-refractivity contribution in [3.05, 3.63) is 0 Å². The first-order valence-electron chi connectivity index (χ1n) is 6.22. The van der Waals surface area contributed by atoms with Gasteiger partial charge in [0.05, 0.1) is 6.61 Å². The summed E-state index contributed by atoms with van der Waals surface area (Å²) in [7, 11) is 0. The number of rotatable bonds is 6. The zero-order chi connectivity index (χ0) is 11.8. The normalized spacial score (nSPS) is 22.0. The minimum Gasteiger partial charge on any atom is -0.466 e. The van der Waals surface area contributed by atoms with E-state index in [1.54, 1.807) is 0 Å². The monoisotopic (exact) mass is 245 g/mol. The fraction of sp³-hybridized carbons (Fsp3) is 0.917. The Hall–Kier alpha value is -0.220. The van der Waals surface area contributed by atoms with E-state index in [4.69, 9.17) is 4.74 Å². The molecule has 1 rings (SSSR count). The molecule has 94 valence electrons. The second kappa shape index (κ2) is 7.96. The molecule has 0 aromatic carbocycles. The Bertz CT molecular complexity index is 211. The lowest BCUT2D eigenvalue weighted by Crippen LogP contribution is -2.37. The van der Waals surface area contributed by atoms with Crippen LogP contribution < -0.4 is 0 Å². The maximum Gasteiger partial charge on any atom is 0.305 e. The average molecular weight is 245 g/mol. The first-order valence-corrected chi connectivity index (χ1v) is 7.26. The highest BCUT2D eigenvalue weighted by atomic mass is 32.2. The minimum atomic E-state index is -0.0509. The summed E-state index contributed by atoms with van der Waals surface area (Å²) in [6.45, 7) is 8.17. The molecule has 0 saturated carbocycles. The maximum absolute atomic E-state index is 11.1. The van der Waals surface area contributed by atoms with E-state index < -0.39 is 0 Å². The Balaban J connectivity index is 2.00. The van der Waals surface area contributed by atoms with E-state index in [1.165, 1.54) is 18.8 Å². The molecular formula is C12H23NO2S. The predicted octanol–water partition coefficient (Wildman–Crippen LogP) is 2.16. The zero-order valence-corrected chi connectivity index (χ0v) is 11.2. The van der Waals surface area contributed by atoms with Gasteiger partial charge in [0.15, 0.2) is 0 Å². The first-order chi connectivity index (χ1) is 7.72. The van der Waals surface area contributed by atoms with Gasteiger partial charge in [-0.05, 0) is 26.3 Å². The molecule has 1 atom stereocenters. The van der Waals surface area contributed by atoms with E-state index in [-0.39, 0.29) is 5.97 Å². The van der Waals surface area contributed by atoms with Gasteiger partial charge in [-0.2, -0.15) is 11.8 Å². The van der Waals surface area contributed by atoms with Crippen molar-refractivity contribution >= 4 is 17.7 Å². The third-order valence-corrected chi connectivity index (χ3v) is 3.87. The van der Waals surface area contributed by atoms with Crippen LogP contribution in [0.3, 0.4) is 0 Å². The Morgan fingerprint density at radius 2 is 2.31 bits per heavy atom. The molecule has 0 aromatic rings. The number of carbonyl (C=O) groups is 1. The van der Waals surface area contributed by atoms with Crippen LogP contribution in [0.1, 0.15) is 33.1 Å². The van der Waals surface area contributed by atoms with E-state index in [2.05, 4.69) is 23.6 Å². The lowest BCUT2D eigenvalue weighted by molar-refractivity contribution is -0.143. The molecule has 0 aliphatic carbocycles. The largest absolute Gasteiger partial charge is 0.466 e. The highest BCUT2D eigenvalue weighted by Gasteiger charge is 2.15. The van der Waals surface area contributed by atoms with Crippen LogP contribution in [0.4, 0.5) is 0 Å². The summed E-state index contributed by atoms with van der Waals surface area (Å²) in [5.41, 5.74) is 0. The number of unbranched alkanes of at least 4 members (excludes halogenated alkanes) is 1. The van der Waals surface area contributed by atoms with Crippen LogP contribution in [-0.4, -0.2) is 48.1 Å². The zero-order valence-electron chi connectivity index (χ0n) is 10.4. The van der Waals surface area contributed by atoms with Crippen LogP contribution >= 0.6 is 11.8 Å². The van der Waals surface area contributed by atoms with Gasteiger partial charge < -0.3 is 9.64 Å². The van der Waals surface area contributed by atoms with E-state index >= 15 is 0 Å². The van der Waals surface area contributed by atoms with Gasteiger partial charge in [0, 0.05) is 30.5 Å². The molecule has 0 radical (unpaired) electrons. The van der Waals surface area contributed by atoms with E-state index in [0.717, 1.165) is 24.6 Å². The topological polar surface area (TPSA) is 29.5 Å². The fourth-order valence-corrected chi connectivity index (χ4v) is 3.01. The van der Waals surface area contributed by atoms with Crippen molar-refractivity contribution in [1.82, 2.24) is 4.90 Å². The van der Waals surface area contributed by atoms with Crippen LogP contribution in [0.25, 0.3) is 0 Å². The van der Waals surface area contributed by atoms with Gasteiger partial charge in [-0.25, -0.2) is 0 Å². The minimum absolute atomic E-state index is 0.0509. The molecule has 0 bridgehead atoms. The maximum atomic E-state index is 11.1. The highest BCUT2D eigenvalue weighted by molar-refractivity contribution is 7.99. The second-order valence-corrected chi connectivity index (χ2v) is 5.79. The molecule has 0 amide bonds. The van der Waals surface area contributed by atoms with Gasteiger partial charge >= 0.3 is 5.97 Å². The molecule has 0 unspecified atom stereocenters. The Labute approximate surface area is 103 Å². The molecule has 1 aliphatic rings. The van der Waals surface area contributed by atoms with Crippen molar-refractivity contribution in [1.29, 1.82) is 0 Å². The van der Waals surface area contributed by atoms with Crippen LogP contribution in [0.2, 0.25) is 0 Å². The number of hydrogen-bond donors (Lipinski definition) is 0. The van der Waals surface area contributed by atoms with Gasteiger partial charge in [0.25, 0.3) is 0 Å². The summed E-state index contributed by atoms with van der Waals surface area (Å²) in [4.78, 5) is 13.6. The Morgan fingerprint density at radius 3 is 3.00 bits per heavy atom. The van der Waals surface area contributed by atoms with Crippen LogP contribution in [0.5, 0.6) is 0 Å². The second-order valence-electron chi connectivity index (χ2n) is 4.24. The van der Waals surface area contributed by atoms with Gasteiger partial charge in [-0.3, -0.25) is 4.79 Å². The molecule has 1 saturated heterocycles. The first kappa shape index (κ1) is 13.8. The number of carbonyl (C=O) groups excluding carboxylic acids is 1. The summed E-state index contributed by atoms with van der Waals surface area (Å²) in [6, 6.07) is 0. The third-order valence-electron chi connectivity index (χ3n) is 2.74. The third kappa shape index (κ3) is 5.75. The fourth-order valence-electron chi connectivity index (χ4n) is 1.93. The molecule has 16 heavy (non-hydrogen) atoms. The molecule has 0 aromatic heterocycles. The molecule has 4 heteroatoms. The number of thioether (sulfide) groups is 1. The molecule has 1 aliphatic heterocycles. The van der Waals surface area contributed by atoms with Crippen molar-refractivity contribution in [3.8, 4) is 0 Å². The molecular weight excluding hydrogens is 222 g/mol. The van der Waals surface area contributed by atoms with Crippen molar-refractivity contribution in [2.45, 2.75) is 38.4 Å². The number of ether oxygens (including phenoxy) is 1. The quantitative estimate of drug-likeness (QED) is 0.530. The lowest BCUT2D eigenvalue weighted by atomic mass is 10.2. The van der Waals surface area contributed by atoms with Gasteiger partial charge in [-0.1, -0.05) is 6.92 Å². The number of hydrogen-bond acceptors (Lipinski definition) is 4. The molecule has 0 spiro atoms. The predicted molar refractivity (Wildman–Crippen MR) is 68.8 cm³/mol. The highest BCUT2D eigenvalue weighted by Crippen LogP contribution is 2.17.